The van der Waals surface area contributed by atoms with Gasteiger partial charge in [-0.25, -0.2) is 4.79 Å². The molecule has 0 saturated carbocycles. The van der Waals surface area contributed by atoms with Crippen LogP contribution in [0.1, 0.15) is 18.1 Å². The first-order valence-corrected chi connectivity index (χ1v) is 6.54. The minimum atomic E-state index is -0.308. The van der Waals surface area contributed by atoms with Gasteiger partial charge in [-0.05, 0) is 31.9 Å². The van der Waals surface area contributed by atoms with Crippen molar-refractivity contribution < 1.29 is 4.79 Å². The lowest BCUT2D eigenvalue weighted by molar-refractivity contribution is 0.229. The second-order valence-electron chi connectivity index (χ2n) is 4.55. The smallest absolute Gasteiger partial charge is 0.331 e. The van der Waals surface area contributed by atoms with Crippen LogP contribution in [0.2, 0.25) is 0 Å². The molecule has 0 aliphatic heterocycles. The Kier molecular flexibility index (Phi) is 5.32. The van der Waals surface area contributed by atoms with Crippen molar-refractivity contribution in [1.82, 2.24) is 4.90 Å². The molecular formula is C15H22N4O. The second-order valence-corrected chi connectivity index (χ2v) is 4.55. The standard InChI is InChI=1S/C15H22N4O/c1-5-10-19(14(16)17)15(20)18(6-2)13-11(3)8-7-9-12(13)4/h5,7-9H,1,6,10H2,2-4H3,(H3,16,17). The minimum absolute atomic E-state index is 0.218. The first-order valence-electron chi connectivity index (χ1n) is 6.54. The van der Waals surface area contributed by atoms with Gasteiger partial charge in [0.2, 0.25) is 0 Å². The number of anilines is 1. The molecule has 0 unspecified atom stereocenters. The number of hydrogen-bond donors (Lipinski definition) is 2. The Morgan fingerprint density at radius 3 is 2.35 bits per heavy atom. The fourth-order valence-electron chi connectivity index (χ4n) is 2.17. The van der Waals surface area contributed by atoms with E-state index >= 15 is 0 Å². The summed E-state index contributed by atoms with van der Waals surface area (Å²) < 4.78 is 0. The zero-order chi connectivity index (χ0) is 15.3. The molecule has 1 aromatic rings. The van der Waals surface area contributed by atoms with Crippen LogP contribution in [0.3, 0.4) is 0 Å². The summed E-state index contributed by atoms with van der Waals surface area (Å²) in [6.45, 7) is 10.1. The average Bonchev–Trinajstić information content (AvgIpc) is 2.39. The average molecular weight is 274 g/mol. The highest BCUT2D eigenvalue weighted by Gasteiger charge is 2.24. The van der Waals surface area contributed by atoms with E-state index in [1.807, 2.05) is 39.0 Å². The number of carbonyl (C=O) groups is 1. The number of benzene rings is 1. The van der Waals surface area contributed by atoms with E-state index in [1.54, 1.807) is 11.0 Å². The van der Waals surface area contributed by atoms with Crippen molar-refractivity contribution in [2.24, 2.45) is 5.73 Å². The Morgan fingerprint density at radius 1 is 1.40 bits per heavy atom. The van der Waals surface area contributed by atoms with Gasteiger partial charge in [0, 0.05) is 13.1 Å². The highest BCUT2D eigenvalue weighted by Crippen LogP contribution is 2.25. The van der Waals surface area contributed by atoms with Gasteiger partial charge < -0.3 is 5.73 Å². The number of amides is 2. The highest BCUT2D eigenvalue weighted by molar-refractivity contribution is 6.03. The first kappa shape index (κ1) is 15.8. The Labute approximate surface area is 120 Å². The lowest BCUT2D eigenvalue weighted by Crippen LogP contribution is -2.49. The lowest BCUT2D eigenvalue weighted by Gasteiger charge is -2.30. The maximum atomic E-state index is 12.6. The molecule has 3 N–H and O–H groups in total. The molecule has 0 aliphatic rings. The molecule has 1 aromatic carbocycles. The van der Waals surface area contributed by atoms with Gasteiger partial charge in [-0.1, -0.05) is 24.3 Å². The summed E-state index contributed by atoms with van der Waals surface area (Å²) in [5.74, 6) is -0.278. The van der Waals surface area contributed by atoms with E-state index in [-0.39, 0.29) is 18.5 Å². The monoisotopic (exact) mass is 274 g/mol. The van der Waals surface area contributed by atoms with E-state index in [2.05, 4.69) is 6.58 Å². The van der Waals surface area contributed by atoms with Gasteiger partial charge in [0.25, 0.3) is 0 Å². The maximum Gasteiger partial charge on any atom is 0.331 e. The SMILES string of the molecule is C=CCN(C(=N)N)C(=O)N(CC)c1c(C)cccc1C. The van der Waals surface area contributed by atoms with Gasteiger partial charge >= 0.3 is 6.03 Å². The van der Waals surface area contributed by atoms with E-state index < -0.39 is 0 Å². The fourth-order valence-corrected chi connectivity index (χ4v) is 2.17. The van der Waals surface area contributed by atoms with Crippen molar-refractivity contribution >= 4 is 17.7 Å². The molecule has 0 bridgehead atoms. The van der Waals surface area contributed by atoms with Crippen molar-refractivity contribution in [2.45, 2.75) is 20.8 Å². The summed E-state index contributed by atoms with van der Waals surface area (Å²) in [7, 11) is 0. The molecular weight excluding hydrogens is 252 g/mol. The third-order valence-corrected chi connectivity index (χ3v) is 3.09. The van der Waals surface area contributed by atoms with Crippen molar-refractivity contribution in [3.05, 3.63) is 42.0 Å². The third kappa shape index (κ3) is 3.17. The molecule has 0 atom stereocenters. The molecule has 0 heterocycles. The topological polar surface area (TPSA) is 73.4 Å². The summed E-state index contributed by atoms with van der Waals surface area (Å²) in [6, 6.07) is 5.57. The molecule has 108 valence electrons. The van der Waals surface area contributed by atoms with Gasteiger partial charge in [0.05, 0.1) is 5.69 Å². The quantitative estimate of drug-likeness (QED) is 0.503. The van der Waals surface area contributed by atoms with Crippen LogP contribution in [-0.4, -0.2) is 30.0 Å². The third-order valence-electron chi connectivity index (χ3n) is 3.09. The summed E-state index contributed by atoms with van der Waals surface area (Å²) in [4.78, 5) is 15.4. The van der Waals surface area contributed by atoms with E-state index in [0.717, 1.165) is 16.8 Å². The Balaban J connectivity index is 3.21. The number of rotatable bonds is 4. The van der Waals surface area contributed by atoms with Crippen LogP contribution in [0, 0.1) is 19.3 Å². The first-order chi connectivity index (χ1) is 9.43. The molecule has 0 saturated heterocycles. The summed E-state index contributed by atoms with van der Waals surface area (Å²) in [5, 5.41) is 7.53. The van der Waals surface area contributed by atoms with Crippen LogP contribution in [-0.2, 0) is 0 Å². The number of urea groups is 1. The number of nitrogens with two attached hydrogens (primary N) is 1. The van der Waals surface area contributed by atoms with Crippen molar-refractivity contribution in [3.63, 3.8) is 0 Å². The predicted octanol–water partition coefficient (Wildman–Crippen LogP) is 2.63. The van der Waals surface area contributed by atoms with E-state index in [4.69, 9.17) is 11.1 Å². The summed E-state index contributed by atoms with van der Waals surface area (Å²) >= 11 is 0. The molecule has 0 aromatic heterocycles. The van der Waals surface area contributed by atoms with Crippen molar-refractivity contribution in [3.8, 4) is 0 Å². The van der Waals surface area contributed by atoms with Gasteiger partial charge in [0.1, 0.15) is 0 Å². The number of para-hydroxylation sites is 1. The van der Waals surface area contributed by atoms with Crippen LogP contribution < -0.4 is 10.6 Å². The normalized spacial score (nSPS) is 9.95. The maximum absolute atomic E-state index is 12.6. The number of nitrogens with one attached hydrogen (secondary N) is 1. The van der Waals surface area contributed by atoms with Crippen LogP contribution in [0.4, 0.5) is 10.5 Å². The molecule has 0 radical (unpaired) electrons. The van der Waals surface area contributed by atoms with E-state index in [9.17, 15) is 4.79 Å². The van der Waals surface area contributed by atoms with Crippen molar-refractivity contribution in [2.75, 3.05) is 18.0 Å². The minimum Gasteiger partial charge on any atom is -0.370 e. The molecule has 1 rings (SSSR count). The molecule has 5 heteroatoms. The summed E-state index contributed by atoms with van der Waals surface area (Å²) in [6.07, 6.45) is 1.55. The molecule has 2 amide bonds. The molecule has 0 aliphatic carbocycles. The molecule has 20 heavy (non-hydrogen) atoms. The summed E-state index contributed by atoms with van der Waals surface area (Å²) in [5.41, 5.74) is 8.39. The number of aryl methyl sites for hydroxylation is 2. The number of guanidine groups is 1. The number of hydrogen-bond acceptors (Lipinski definition) is 2. The number of carbonyl (C=O) groups excluding carboxylic acids is 1. The van der Waals surface area contributed by atoms with Gasteiger partial charge in [-0.15, -0.1) is 6.58 Å². The van der Waals surface area contributed by atoms with Crippen LogP contribution >= 0.6 is 0 Å². The highest BCUT2D eigenvalue weighted by atomic mass is 16.2. The largest absolute Gasteiger partial charge is 0.370 e. The lowest BCUT2D eigenvalue weighted by atomic mass is 10.1. The number of nitrogens with zero attached hydrogens (tertiary/aromatic N) is 2. The van der Waals surface area contributed by atoms with Crippen molar-refractivity contribution in [1.29, 1.82) is 5.41 Å². The second kappa shape index (κ2) is 6.75. The Hall–Kier alpha value is -2.30. The van der Waals surface area contributed by atoms with Crippen LogP contribution in [0.15, 0.2) is 30.9 Å². The predicted molar refractivity (Wildman–Crippen MR) is 83.1 cm³/mol. The Bertz CT molecular complexity index is 504. The van der Waals surface area contributed by atoms with Gasteiger partial charge in [-0.2, -0.15) is 0 Å². The van der Waals surface area contributed by atoms with Crippen LogP contribution in [0.5, 0.6) is 0 Å². The molecule has 0 fully saturated rings. The zero-order valence-corrected chi connectivity index (χ0v) is 12.3. The van der Waals surface area contributed by atoms with E-state index in [0.29, 0.717) is 6.54 Å². The molecule has 0 spiro atoms. The van der Waals surface area contributed by atoms with Crippen LogP contribution in [0.25, 0.3) is 0 Å². The molecule has 5 nitrogen and oxygen atoms in total. The van der Waals surface area contributed by atoms with Gasteiger partial charge in [-0.3, -0.25) is 15.2 Å². The zero-order valence-electron chi connectivity index (χ0n) is 12.3. The Morgan fingerprint density at radius 2 is 1.95 bits per heavy atom. The van der Waals surface area contributed by atoms with Gasteiger partial charge in [0.15, 0.2) is 5.96 Å². The van der Waals surface area contributed by atoms with E-state index in [1.165, 1.54) is 4.90 Å². The fraction of sp³-hybridized carbons (Fsp3) is 0.333.